The van der Waals surface area contributed by atoms with Crippen LogP contribution in [0.2, 0.25) is 0 Å². The average Bonchev–Trinajstić information content (AvgIpc) is 2.54. The maximum absolute atomic E-state index is 11.7. The summed E-state index contributed by atoms with van der Waals surface area (Å²) in [7, 11) is 1.59. The van der Waals surface area contributed by atoms with Crippen molar-refractivity contribution in [1.29, 1.82) is 5.26 Å². The Balaban J connectivity index is 2.52. The second-order valence-electron chi connectivity index (χ2n) is 4.76. The predicted octanol–water partition coefficient (Wildman–Crippen LogP) is 0.824. The van der Waals surface area contributed by atoms with Gasteiger partial charge >= 0.3 is 5.97 Å². The number of carbonyl (C=O) groups excluding carboxylic acids is 1. The first kappa shape index (κ1) is 18.0. The molecule has 0 aliphatic carbocycles. The van der Waals surface area contributed by atoms with Crippen molar-refractivity contribution in [2.45, 2.75) is 19.4 Å². The molecule has 7 nitrogen and oxygen atoms in total. The topological polar surface area (TPSA) is 111 Å². The van der Waals surface area contributed by atoms with Gasteiger partial charge in [-0.05, 0) is 31.0 Å². The second-order valence-corrected chi connectivity index (χ2v) is 4.76. The lowest BCUT2D eigenvalue weighted by atomic mass is 10.1. The normalized spacial score (nSPS) is 12.0. The van der Waals surface area contributed by atoms with Gasteiger partial charge in [-0.2, -0.15) is 5.26 Å². The van der Waals surface area contributed by atoms with Crippen LogP contribution in [0.15, 0.2) is 36.0 Å². The van der Waals surface area contributed by atoms with Crippen molar-refractivity contribution >= 4 is 11.9 Å². The zero-order valence-corrected chi connectivity index (χ0v) is 13.0. The number of methoxy groups -OCH3 is 1. The number of ether oxygens (including phenoxy) is 1. The van der Waals surface area contributed by atoms with Crippen molar-refractivity contribution in [3.63, 3.8) is 0 Å². The number of benzene rings is 1. The van der Waals surface area contributed by atoms with Crippen molar-refractivity contribution in [2.75, 3.05) is 13.7 Å². The molecule has 0 heterocycles. The molecule has 122 valence electrons. The predicted molar refractivity (Wildman–Crippen MR) is 83.6 cm³/mol. The fourth-order valence-corrected chi connectivity index (χ4v) is 1.70. The van der Waals surface area contributed by atoms with E-state index in [2.05, 4.69) is 10.6 Å². The van der Waals surface area contributed by atoms with Crippen molar-refractivity contribution < 1.29 is 19.4 Å². The number of nitrogens with zero attached hydrogens (tertiary/aromatic N) is 1. The number of nitriles is 1. The molecule has 23 heavy (non-hydrogen) atoms. The Morgan fingerprint density at radius 2 is 2.22 bits per heavy atom. The number of carboxylic acids is 1. The minimum absolute atomic E-state index is 0.177. The molecule has 0 radical (unpaired) electrons. The Kier molecular flexibility index (Phi) is 7.14. The van der Waals surface area contributed by atoms with Crippen molar-refractivity contribution in [3.8, 4) is 11.8 Å². The summed E-state index contributed by atoms with van der Waals surface area (Å²) in [6.07, 6.45) is 1.96. The number of hydrogen-bond donors (Lipinski definition) is 3. The van der Waals surface area contributed by atoms with Crippen LogP contribution in [0.25, 0.3) is 0 Å². The molecular weight excluding hydrogens is 298 g/mol. The SMILES string of the molecule is COc1cccc(CCN/C=C(/C#N)C(=O)NC(C)C(=O)O)c1. The van der Waals surface area contributed by atoms with E-state index in [0.717, 1.165) is 11.3 Å². The number of carbonyl (C=O) groups is 2. The molecule has 0 fully saturated rings. The highest BCUT2D eigenvalue weighted by atomic mass is 16.5. The van der Waals surface area contributed by atoms with Crippen molar-refractivity contribution in [1.82, 2.24) is 10.6 Å². The minimum atomic E-state index is -1.17. The smallest absolute Gasteiger partial charge is 0.325 e. The van der Waals surface area contributed by atoms with Gasteiger partial charge in [-0.25, -0.2) is 0 Å². The van der Waals surface area contributed by atoms with Crippen LogP contribution in [-0.2, 0) is 16.0 Å². The summed E-state index contributed by atoms with van der Waals surface area (Å²) in [4.78, 5) is 22.4. The number of rotatable bonds is 8. The maximum Gasteiger partial charge on any atom is 0.325 e. The molecule has 1 atom stereocenters. The summed E-state index contributed by atoms with van der Waals surface area (Å²) >= 11 is 0. The first-order valence-corrected chi connectivity index (χ1v) is 6.98. The van der Waals surface area contributed by atoms with E-state index in [4.69, 9.17) is 15.1 Å². The van der Waals surface area contributed by atoms with Crippen LogP contribution in [-0.4, -0.2) is 36.7 Å². The lowest BCUT2D eigenvalue weighted by molar-refractivity contribution is -0.140. The third-order valence-corrected chi connectivity index (χ3v) is 3.02. The monoisotopic (exact) mass is 317 g/mol. The highest BCUT2D eigenvalue weighted by Crippen LogP contribution is 2.12. The summed E-state index contributed by atoms with van der Waals surface area (Å²) in [6.45, 7) is 1.84. The number of hydrogen-bond acceptors (Lipinski definition) is 5. The first-order chi connectivity index (χ1) is 11.0. The average molecular weight is 317 g/mol. The highest BCUT2D eigenvalue weighted by molar-refractivity contribution is 5.99. The van der Waals surface area contributed by atoms with Gasteiger partial charge in [-0.3, -0.25) is 9.59 Å². The van der Waals surface area contributed by atoms with Gasteiger partial charge in [0.2, 0.25) is 0 Å². The lowest BCUT2D eigenvalue weighted by Crippen LogP contribution is -2.39. The quantitative estimate of drug-likeness (QED) is 0.372. The Bertz CT molecular complexity index is 634. The summed E-state index contributed by atoms with van der Waals surface area (Å²) in [5, 5.41) is 22.8. The van der Waals surface area contributed by atoms with Crippen LogP contribution in [0.3, 0.4) is 0 Å². The van der Waals surface area contributed by atoms with Gasteiger partial charge in [0, 0.05) is 12.7 Å². The Labute approximate surface area is 134 Å². The van der Waals surface area contributed by atoms with Crippen molar-refractivity contribution in [2.24, 2.45) is 0 Å². The molecule has 0 saturated heterocycles. The first-order valence-electron chi connectivity index (χ1n) is 6.98. The van der Waals surface area contributed by atoms with Crippen LogP contribution in [0, 0.1) is 11.3 Å². The van der Waals surface area contributed by atoms with E-state index in [1.54, 1.807) is 13.2 Å². The molecule has 0 aromatic heterocycles. The molecule has 1 unspecified atom stereocenters. The van der Waals surface area contributed by atoms with Gasteiger partial charge in [-0.1, -0.05) is 12.1 Å². The van der Waals surface area contributed by atoms with Gasteiger partial charge in [0.05, 0.1) is 7.11 Å². The number of amides is 1. The molecule has 0 bridgehead atoms. The van der Waals surface area contributed by atoms with Gasteiger partial charge in [-0.15, -0.1) is 0 Å². The van der Waals surface area contributed by atoms with E-state index >= 15 is 0 Å². The van der Waals surface area contributed by atoms with Gasteiger partial charge in [0.1, 0.15) is 23.4 Å². The molecule has 1 rings (SSSR count). The van der Waals surface area contributed by atoms with E-state index in [1.165, 1.54) is 13.1 Å². The fraction of sp³-hybridized carbons (Fsp3) is 0.312. The van der Waals surface area contributed by atoms with E-state index in [-0.39, 0.29) is 5.57 Å². The molecule has 0 spiro atoms. The maximum atomic E-state index is 11.7. The highest BCUT2D eigenvalue weighted by Gasteiger charge is 2.16. The number of carboxylic acid groups (broad SMARTS) is 1. The molecule has 3 N–H and O–H groups in total. The van der Waals surface area contributed by atoms with E-state index < -0.39 is 17.9 Å². The van der Waals surface area contributed by atoms with Gasteiger partial charge in [0.25, 0.3) is 5.91 Å². The Hall–Kier alpha value is -3.01. The summed E-state index contributed by atoms with van der Waals surface area (Å²) in [5.74, 6) is -1.13. The number of aliphatic carboxylic acids is 1. The van der Waals surface area contributed by atoms with Crippen LogP contribution < -0.4 is 15.4 Å². The van der Waals surface area contributed by atoms with E-state index in [1.807, 2.05) is 24.3 Å². The van der Waals surface area contributed by atoms with Gasteiger partial charge < -0.3 is 20.5 Å². The molecule has 0 saturated carbocycles. The zero-order chi connectivity index (χ0) is 17.2. The van der Waals surface area contributed by atoms with Crippen LogP contribution >= 0.6 is 0 Å². The summed E-state index contributed by atoms with van der Waals surface area (Å²) in [6, 6.07) is 8.25. The van der Waals surface area contributed by atoms with E-state index in [0.29, 0.717) is 13.0 Å². The van der Waals surface area contributed by atoms with E-state index in [9.17, 15) is 9.59 Å². The molecular formula is C16H19N3O4. The standard InChI is InChI=1S/C16H19N3O4/c1-11(16(21)22)19-15(20)13(9-17)10-18-7-6-12-4-3-5-14(8-12)23-2/h3-5,8,10-11,18H,6-7H2,1-2H3,(H,19,20)(H,21,22)/b13-10-. The largest absolute Gasteiger partial charge is 0.497 e. The minimum Gasteiger partial charge on any atom is -0.497 e. The number of nitrogens with one attached hydrogen (secondary N) is 2. The molecule has 7 heteroatoms. The Morgan fingerprint density at radius 3 is 2.83 bits per heavy atom. The Morgan fingerprint density at radius 1 is 1.48 bits per heavy atom. The van der Waals surface area contributed by atoms with Gasteiger partial charge in [0.15, 0.2) is 0 Å². The molecule has 0 aliphatic heterocycles. The zero-order valence-electron chi connectivity index (χ0n) is 13.0. The summed E-state index contributed by atoms with van der Waals surface area (Å²) in [5.41, 5.74) is 0.872. The van der Waals surface area contributed by atoms with Crippen LogP contribution in [0.5, 0.6) is 5.75 Å². The lowest BCUT2D eigenvalue weighted by Gasteiger charge is -2.08. The second kappa shape index (κ2) is 9.10. The third kappa shape index (κ3) is 6.09. The van der Waals surface area contributed by atoms with Crippen molar-refractivity contribution in [3.05, 3.63) is 41.6 Å². The molecule has 1 aromatic carbocycles. The molecule has 0 aliphatic rings. The fourth-order valence-electron chi connectivity index (χ4n) is 1.70. The van der Waals surface area contributed by atoms with Crippen LogP contribution in [0.4, 0.5) is 0 Å². The molecule has 1 aromatic rings. The molecule has 1 amide bonds. The third-order valence-electron chi connectivity index (χ3n) is 3.02. The summed E-state index contributed by atoms with van der Waals surface area (Å²) < 4.78 is 5.13. The van der Waals surface area contributed by atoms with Crippen LogP contribution in [0.1, 0.15) is 12.5 Å².